The maximum absolute atomic E-state index is 12.8. The predicted molar refractivity (Wildman–Crippen MR) is 159 cm³/mol. The van der Waals surface area contributed by atoms with E-state index in [4.69, 9.17) is 4.74 Å². The van der Waals surface area contributed by atoms with Crippen LogP contribution < -0.4 is 26.2 Å². The van der Waals surface area contributed by atoms with Gasteiger partial charge in [-0.25, -0.2) is 9.36 Å². The predicted octanol–water partition coefficient (Wildman–Crippen LogP) is 6.21. The summed E-state index contributed by atoms with van der Waals surface area (Å²) in [5, 5.41) is 14.1. The van der Waals surface area contributed by atoms with Crippen LogP contribution in [0.1, 0.15) is 45.4 Å². The summed E-state index contributed by atoms with van der Waals surface area (Å²) in [7, 11) is 0. The Bertz CT molecular complexity index is 1380. The lowest BCUT2D eigenvalue weighted by atomic mass is 10.2. The molecular formula is C30H38N4O3S. The summed E-state index contributed by atoms with van der Waals surface area (Å²) < 4.78 is 8.46. The summed E-state index contributed by atoms with van der Waals surface area (Å²) in [5.41, 5.74) is 1.41. The van der Waals surface area contributed by atoms with E-state index in [2.05, 4.69) is 52.5 Å². The van der Waals surface area contributed by atoms with E-state index in [-0.39, 0.29) is 11.6 Å². The van der Waals surface area contributed by atoms with Crippen LogP contribution in [0, 0.1) is 0 Å². The number of nitrogens with one attached hydrogen (secondary N) is 3. The van der Waals surface area contributed by atoms with E-state index in [1.807, 2.05) is 12.1 Å². The summed E-state index contributed by atoms with van der Waals surface area (Å²) >= 11 is 1.76. The Hall–Kier alpha value is -3.36. The number of fused-ring (bicyclic) bond motifs is 2. The number of rotatable bonds is 15. The molecule has 7 nitrogen and oxygen atoms in total. The zero-order valence-electron chi connectivity index (χ0n) is 22.1. The maximum Gasteiger partial charge on any atom is 0.329 e. The minimum absolute atomic E-state index is 0.340. The third kappa shape index (κ3) is 7.58. The summed E-state index contributed by atoms with van der Waals surface area (Å²) in [6.45, 7) is 5.97. The van der Waals surface area contributed by atoms with Gasteiger partial charge in [0.2, 0.25) is 0 Å². The molecule has 0 aliphatic carbocycles. The number of nitrogens with zero attached hydrogens (tertiary/aromatic N) is 1. The molecule has 0 saturated heterocycles. The smallest absolute Gasteiger partial charge is 0.329 e. The van der Waals surface area contributed by atoms with Crippen molar-refractivity contribution in [3.63, 3.8) is 0 Å². The number of thiophene rings is 1. The minimum Gasteiger partial charge on any atom is -0.494 e. The average molecular weight is 535 g/mol. The highest BCUT2D eigenvalue weighted by molar-refractivity contribution is 7.17. The van der Waals surface area contributed by atoms with E-state index in [1.54, 1.807) is 23.5 Å². The van der Waals surface area contributed by atoms with E-state index < -0.39 is 0 Å². The van der Waals surface area contributed by atoms with Crippen LogP contribution in [0.5, 0.6) is 5.75 Å². The Morgan fingerprint density at radius 1 is 0.921 bits per heavy atom. The van der Waals surface area contributed by atoms with Gasteiger partial charge in [0, 0.05) is 47.5 Å². The van der Waals surface area contributed by atoms with E-state index in [0.29, 0.717) is 24.4 Å². The van der Waals surface area contributed by atoms with Crippen molar-refractivity contribution in [3.05, 3.63) is 70.3 Å². The van der Waals surface area contributed by atoms with Crippen LogP contribution in [0.3, 0.4) is 0 Å². The van der Waals surface area contributed by atoms with Gasteiger partial charge in [-0.15, -0.1) is 11.3 Å². The van der Waals surface area contributed by atoms with Crippen molar-refractivity contribution >= 4 is 44.0 Å². The molecule has 1 amide bonds. The molecule has 0 aliphatic rings. The van der Waals surface area contributed by atoms with Crippen molar-refractivity contribution in [2.24, 2.45) is 0 Å². The van der Waals surface area contributed by atoms with Crippen LogP contribution in [0.15, 0.2) is 64.8 Å². The highest BCUT2D eigenvalue weighted by Gasteiger charge is 2.12. The Labute approximate surface area is 228 Å². The minimum atomic E-state index is -0.387. The van der Waals surface area contributed by atoms with Gasteiger partial charge in [-0.1, -0.05) is 32.3 Å². The van der Waals surface area contributed by atoms with Gasteiger partial charge in [0.05, 0.1) is 12.1 Å². The molecule has 0 fully saturated rings. The number of ether oxygens (including phenoxy) is 1. The van der Waals surface area contributed by atoms with E-state index >= 15 is 0 Å². The number of unbranched alkanes of at least 4 members (excludes halogenated alkanes) is 4. The molecule has 0 radical (unpaired) electrons. The van der Waals surface area contributed by atoms with Crippen LogP contribution >= 0.6 is 11.3 Å². The van der Waals surface area contributed by atoms with E-state index in [1.165, 1.54) is 26.4 Å². The number of benzene rings is 2. The Balaban J connectivity index is 1.18. The molecule has 0 aliphatic heterocycles. The molecule has 2 aromatic carbocycles. The highest BCUT2D eigenvalue weighted by Crippen LogP contribution is 2.27. The van der Waals surface area contributed by atoms with Gasteiger partial charge >= 0.3 is 6.03 Å². The van der Waals surface area contributed by atoms with Gasteiger partial charge in [0.15, 0.2) is 0 Å². The quantitative estimate of drug-likeness (QED) is 0.158. The molecular weight excluding hydrogens is 496 g/mol. The van der Waals surface area contributed by atoms with Crippen molar-refractivity contribution < 1.29 is 9.53 Å². The molecule has 3 N–H and O–H groups in total. The lowest BCUT2D eigenvalue weighted by molar-refractivity contribution is 0.242. The first kappa shape index (κ1) is 27.7. The third-order valence-corrected chi connectivity index (χ3v) is 7.39. The molecule has 4 rings (SSSR count). The normalized spacial score (nSPS) is 11.2. The zero-order chi connectivity index (χ0) is 26.6. The van der Waals surface area contributed by atoms with Gasteiger partial charge in [-0.2, -0.15) is 0 Å². The lowest BCUT2D eigenvalue weighted by Crippen LogP contribution is -2.36. The molecule has 202 valence electrons. The molecule has 4 aromatic rings. The number of carbonyl (C=O) groups is 1. The first-order valence-corrected chi connectivity index (χ1v) is 14.5. The number of hydrogen-bond donors (Lipinski definition) is 3. The van der Waals surface area contributed by atoms with E-state index in [9.17, 15) is 9.59 Å². The number of anilines is 1. The van der Waals surface area contributed by atoms with Crippen molar-refractivity contribution in [1.29, 1.82) is 0 Å². The van der Waals surface area contributed by atoms with E-state index in [0.717, 1.165) is 63.5 Å². The second-order valence-electron chi connectivity index (χ2n) is 9.39. The number of pyridine rings is 1. The molecule has 0 bridgehead atoms. The molecule has 2 aromatic heterocycles. The zero-order valence-corrected chi connectivity index (χ0v) is 22.9. The van der Waals surface area contributed by atoms with Crippen LogP contribution in [-0.2, 0) is 0 Å². The van der Waals surface area contributed by atoms with Crippen LogP contribution in [0.4, 0.5) is 10.5 Å². The largest absolute Gasteiger partial charge is 0.494 e. The topological polar surface area (TPSA) is 84.4 Å². The maximum atomic E-state index is 12.8. The number of carbonyl (C=O) groups excluding carboxylic acids is 1. The van der Waals surface area contributed by atoms with Gasteiger partial charge in [0.25, 0.3) is 5.56 Å². The summed E-state index contributed by atoms with van der Waals surface area (Å²) in [6, 6.07) is 16.9. The van der Waals surface area contributed by atoms with Gasteiger partial charge in [-0.3, -0.25) is 4.79 Å². The SMILES string of the molecule is CCCCCCNC(=O)n1c(=O)ccc2ccc(OCCCCNCCNc3cccc4sccc34)cc21. The summed E-state index contributed by atoms with van der Waals surface area (Å²) in [6.07, 6.45) is 6.17. The lowest BCUT2D eigenvalue weighted by Gasteiger charge is -2.12. The molecule has 2 heterocycles. The fraction of sp³-hybridized carbons (Fsp3) is 0.400. The van der Waals surface area contributed by atoms with Crippen molar-refractivity contribution in [1.82, 2.24) is 15.2 Å². The number of amides is 1. The second kappa shape index (κ2) is 14.5. The van der Waals surface area contributed by atoms with Crippen molar-refractivity contribution in [2.75, 3.05) is 38.1 Å². The Morgan fingerprint density at radius 3 is 2.68 bits per heavy atom. The number of hydrogen-bond acceptors (Lipinski definition) is 6. The molecule has 38 heavy (non-hydrogen) atoms. The summed E-state index contributed by atoms with van der Waals surface area (Å²) in [4.78, 5) is 25.3. The Kier molecular flexibility index (Phi) is 10.6. The molecule has 0 unspecified atom stereocenters. The van der Waals surface area contributed by atoms with Gasteiger partial charge in [-0.05, 0) is 73.0 Å². The van der Waals surface area contributed by atoms with Crippen LogP contribution in [0.25, 0.3) is 21.0 Å². The first-order chi connectivity index (χ1) is 18.7. The average Bonchev–Trinajstić information content (AvgIpc) is 3.41. The third-order valence-electron chi connectivity index (χ3n) is 6.51. The molecule has 0 atom stereocenters. The number of aromatic nitrogens is 1. The molecule has 0 saturated carbocycles. The first-order valence-electron chi connectivity index (χ1n) is 13.6. The van der Waals surface area contributed by atoms with Crippen LogP contribution in [0.2, 0.25) is 0 Å². The Morgan fingerprint density at radius 2 is 1.79 bits per heavy atom. The van der Waals surface area contributed by atoms with Crippen LogP contribution in [-0.4, -0.2) is 43.4 Å². The molecule has 0 spiro atoms. The van der Waals surface area contributed by atoms with Crippen molar-refractivity contribution in [3.8, 4) is 5.75 Å². The standard InChI is InChI=1S/C30H38N4O3S/c1-2-3-4-5-17-33-30(36)34-27-22-24(13-11-23(27)12-14-29(34)35)37-20-7-6-16-31-18-19-32-26-9-8-10-28-25(26)15-21-38-28/h8-15,21-22,31-32H,2-7,16-20H2,1H3,(H,33,36). The van der Waals surface area contributed by atoms with Gasteiger partial charge in [0.1, 0.15) is 5.75 Å². The fourth-order valence-corrected chi connectivity index (χ4v) is 5.25. The fourth-order valence-electron chi connectivity index (χ4n) is 4.44. The summed E-state index contributed by atoms with van der Waals surface area (Å²) in [5.74, 6) is 0.660. The molecule has 8 heteroatoms. The second-order valence-corrected chi connectivity index (χ2v) is 10.3. The monoisotopic (exact) mass is 534 g/mol. The van der Waals surface area contributed by atoms with Crippen molar-refractivity contribution in [2.45, 2.75) is 45.4 Å². The van der Waals surface area contributed by atoms with Gasteiger partial charge < -0.3 is 20.7 Å². The highest BCUT2D eigenvalue weighted by atomic mass is 32.1.